The van der Waals surface area contributed by atoms with Gasteiger partial charge in [-0.15, -0.1) is 0 Å². The zero-order valence-corrected chi connectivity index (χ0v) is 40.0. The molecule has 1 aliphatic rings. The molecule has 0 radical (unpaired) electrons. The quantitative estimate of drug-likeness (QED) is 0.143. The SMILES string of the molecule is c1ccc(C2(c3ccccc3)c3ccccc3-c3c(-c4ccccc4N(c4ccc(-c5ccc(-c6cccc7ccccc67)cc5)cc4)c4cccc(-c5ccc6oc7ccccc7c6c5)c4)cccc32)cc1. The van der Waals surface area contributed by atoms with Gasteiger partial charge in [0.05, 0.1) is 11.1 Å². The van der Waals surface area contributed by atoms with Crippen molar-refractivity contribution in [2.75, 3.05) is 4.90 Å². The van der Waals surface area contributed by atoms with Crippen LogP contribution in [0.1, 0.15) is 22.3 Å². The number of rotatable bonds is 9. The van der Waals surface area contributed by atoms with Gasteiger partial charge in [0.15, 0.2) is 0 Å². The van der Waals surface area contributed by atoms with Gasteiger partial charge < -0.3 is 9.32 Å². The molecule has 1 aliphatic carbocycles. The Kier molecular flexibility index (Phi) is 10.1. The summed E-state index contributed by atoms with van der Waals surface area (Å²) in [5.41, 5.74) is 21.4. The lowest BCUT2D eigenvalue weighted by molar-refractivity contribution is 0.669. The Balaban J connectivity index is 0.933. The van der Waals surface area contributed by atoms with E-state index in [0.29, 0.717) is 0 Å². The summed E-state index contributed by atoms with van der Waals surface area (Å²) >= 11 is 0. The molecule has 1 heterocycles. The highest BCUT2D eigenvalue weighted by molar-refractivity contribution is 6.07. The molecular weight excluding hydrogens is 883 g/mol. The number of hydrogen-bond donors (Lipinski definition) is 0. The van der Waals surface area contributed by atoms with Crippen LogP contribution in [0, 0.1) is 0 Å². The van der Waals surface area contributed by atoms with E-state index in [1.807, 2.05) is 12.1 Å². The minimum absolute atomic E-state index is 0.516. The molecule has 13 aromatic rings. The predicted octanol–water partition coefficient (Wildman–Crippen LogP) is 19.2. The number of benzene rings is 12. The van der Waals surface area contributed by atoms with E-state index in [4.69, 9.17) is 4.42 Å². The lowest BCUT2D eigenvalue weighted by Gasteiger charge is -2.34. The van der Waals surface area contributed by atoms with Crippen LogP contribution in [0.2, 0.25) is 0 Å². The van der Waals surface area contributed by atoms with Gasteiger partial charge in [0.1, 0.15) is 11.2 Å². The molecule has 2 heteroatoms. The molecule has 0 atom stereocenters. The van der Waals surface area contributed by atoms with Crippen LogP contribution in [-0.4, -0.2) is 0 Å². The van der Waals surface area contributed by atoms with Crippen molar-refractivity contribution in [1.29, 1.82) is 0 Å². The maximum absolute atomic E-state index is 6.27. The molecular formula is C71H47NO. The summed E-state index contributed by atoms with van der Waals surface area (Å²) in [6.45, 7) is 0. The fourth-order valence-electron chi connectivity index (χ4n) is 11.9. The molecule has 342 valence electrons. The molecule has 0 bridgehead atoms. The van der Waals surface area contributed by atoms with Gasteiger partial charge in [-0.2, -0.15) is 0 Å². The van der Waals surface area contributed by atoms with E-state index in [-0.39, 0.29) is 0 Å². The van der Waals surface area contributed by atoms with Crippen molar-refractivity contribution in [1.82, 2.24) is 0 Å². The van der Waals surface area contributed by atoms with Gasteiger partial charge in [0.25, 0.3) is 0 Å². The Hall–Kier alpha value is -9.50. The fourth-order valence-corrected chi connectivity index (χ4v) is 11.9. The van der Waals surface area contributed by atoms with Crippen molar-refractivity contribution >= 4 is 49.8 Å². The second kappa shape index (κ2) is 17.4. The predicted molar refractivity (Wildman–Crippen MR) is 305 cm³/mol. The fraction of sp³-hybridized carbons (Fsp3) is 0.0141. The van der Waals surface area contributed by atoms with Crippen molar-refractivity contribution in [3.8, 4) is 55.6 Å². The molecule has 2 nitrogen and oxygen atoms in total. The van der Waals surface area contributed by atoms with Crippen molar-refractivity contribution in [2.24, 2.45) is 0 Å². The summed E-state index contributed by atoms with van der Waals surface area (Å²) in [5.74, 6) is 0. The number of para-hydroxylation sites is 2. The lowest BCUT2D eigenvalue weighted by Crippen LogP contribution is -2.28. The first kappa shape index (κ1) is 42.4. The Morgan fingerprint density at radius 2 is 0.822 bits per heavy atom. The Morgan fingerprint density at radius 1 is 0.288 bits per heavy atom. The first-order valence-electron chi connectivity index (χ1n) is 25.2. The molecule has 0 spiro atoms. The van der Waals surface area contributed by atoms with Crippen LogP contribution in [0.3, 0.4) is 0 Å². The van der Waals surface area contributed by atoms with Crippen LogP contribution in [0.25, 0.3) is 88.3 Å². The third-order valence-corrected chi connectivity index (χ3v) is 15.2. The van der Waals surface area contributed by atoms with Crippen molar-refractivity contribution in [3.05, 3.63) is 307 Å². The summed E-state index contributed by atoms with van der Waals surface area (Å²) in [7, 11) is 0. The molecule has 14 rings (SSSR count). The summed E-state index contributed by atoms with van der Waals surface area (Å²) in [4.78, 5) is 2.44. The van der Waals surface area contributed by atoms with E-state index < -0.39 is 5.41 Å². The van der Waals surface area contributed by atoms with Gasteiger partial charge in [-0.1, -0.05) is 237 Å². The van der Waals surface area contributed by atoms with E-state index >= 15 is 0 Å². The zero-order chi connectivity index (χ0) is 48.3. The summed E-state index contributed by atoms with van der Waals surface area (Å²) in [6.07, 6.45) is 0. The molecule has 0 fully saturated rings. The number of nitrogens with zero attached hydrogens (tertiary/aromatic N) is 1. The number of fused-ring (bicyclic) bond motifs is 7. The van der Waals surface area contributed by atoms with Crippen molar-refractivity contribution < 1.29 is 4.42 Å². The normalized spacial score (nSPS) is 12.5. The summed E-state index contributed by atoms with van der Waals surface area (Å²) in [6, 6.07) is 104. The van der Waals surface area contributed by atoms with Gasteiger partial charge in [-0.05, 0) is 132 Å². The maximum Gasteiger partial charge on any atom is 0.135 e. The van der Waals surface area contributed by atoms with Crippen LogP contribution < -0.4 is 4.90 Å². The molecule has 73 heavy (non-hydrogen) atoms. The summed E-state index contributed by atoms with van der Waals surface area (Å²) in [5, 5.41) is 4.74. The van der Waals surface area contributed by atoms with E-state index in [0.717, 1.165) is 61.3 Å². The number of hydrogen-bond acceptors (Lipinski definition) is 2. The second-order valence-corrected chi connectivity index (χ2v) is 19.1. The molecule has 12 aromatic carbocycles. The van der Waals surface area contributed by atoms with E-state index in [2.05, 4.69) is 278 Å². The molecule has 0 N–H and O–H groups in total. The standard InChI is InChI=1S/C71H47NO/c1-3-21-54(22-4-1)71(55-23-5-2-6-24-55)65-32-12-9-29-63(65)70-62(31-17-33-66(70)71)60-27-10-13-34-67(60)72(57-25-15-20-52(46-57)53-42-45-69-64(47-53)61-28-11-14-35-68(61)73-69)56-43-40-49(41-44-56)48-36-38-51(39-37-48)59-30-16-19-50-18-7-8-26-58(50)59/h1-47H. The Bertz CT molecular complexity index is 4140. The van der Waals surface area contributed by atoms with E-state index in [9.17, 15) is 0 Å². The smallest absolute Gasteiger partial charge is 0.135 e. The number of furan rings is 1. The lowest BCUT2D eigenvalue weighted by atomic mass is 9.67. The minimum Gasteiger partial charge on any atom is -0.456 e. The van der Waals surface area contributed by atoms with Crippen LogP contribution in [0.15, 0.2) is 290 Å². The van der Waals surface area contributed by atoms with E-state index in [1.165, 1.54) is 66.4 Å². The highest BCUT2D eigenvalue weighted by Gasteiger charge is 2.47. The molecule has 0 saturated heterocycles. The van der Waals surface area contributed by atoms with Gasteiger partial charge in [-0.25, -0.2) is 0 Å². The van der Waals surface area contributed by atoms with E-state index in [1.54, 1.807) is 0 Å². The average Bonchev–Trinajstić information content (AvgIpc) is 4.06. The van der Waals surface area contributed by atoms with Gasteiger partial charge in [0, 0.05) is 27.7 Å². The van der Waals surface area contributed by atoms with Crippen LogP contribution in [0.5, 0.6) is 0 Å². The van der Waals surface area contributed by atoms with Crippen LogP contribution >= 0.6 is 0 Å². The average molecular weight is 930 g/mol. The molecule has 0 aliphatic heterocycles. The number of anilines is 3. The molecule has 0 amide bonds. The van der Waals surface area contributed by atoms with Gasteiger partial charge >= 0.3 is 0 Å². The van der Waals surface area contributed by atoms with Gasteiger partial charge in [0.2, 0.25) is 0 Å². The maximum atomic E-state index is 6.27. The van der Waals surface area contributed by atoms with Crippen LogP contribution in [0.4, 0.5) is 17.1 Å². The topological polar surface area (TPSA) is 16.4 Å². The first-order chi connectivity index (χ1) is 36.2. The Labute approximate surface area is 425 Å². The van der Waals surface area contributed by atoms with Crippen molar-refractivity contribution in [3.63, 3.8) is 0 Å². The second-order valence-electron chi connectivity index (χ2n) is 19.1. The molecule has 0 unspecified atom stereocenters. The Morgan fingerprint density at radius 3 is 1.62 bits per heavy atom. The summed E-state index contributed by atoms with van der Waals surface area (Å²) < 4.78 is 6.27. The monoisotopic (exact) mass is 929 g/mol. The van der Waals surface area contributed by atoms with Crippen LogP contribution in [-0.2, 0) is 5.41 Å². The molecule has 1 aromatic heterocycles. The third kappa shape index (κ3) is 6.94. The highest BCUT2D eigenvalue weighted by Crippen LogP contribution is 2.59. The zero-order valence-electron chi connectivity index (χ0n) is 40.0. The highest BCUT2D eigenvalue weighted by atomic mass is 16.3. The third-order valence-electron chi connectivity index (χ3n) is 15.2. The first-order valence-corrected chi connectivity index (χ1v) is 25.2. The molecule has 0 saturated carbocycles. The minimum atomic E-state index is -0.516. The van der Waals surface area contributed by atoms with Gasteiger partial charge in [-0.3, -0.25) is 0 Å². The van der Waals surface area contributed by atoms with Crippen molar-refractivity contribution in [2.45, 2.75) is 5.41 Å². The largest absolute Gasteiger partial charge is 0.456 e.